The molecule has 0 spiro atoms. The Kier molecular flexibility index (Phi) is 3.93. The van der Waals surface area contributed by atoms with Gasteiger partial charge in [0.2, 0.25) is 5.91 Å². The second kappa shape index (κ2) is 6.45. The maximum absolute atomic E-state index is 13.2. The minimum atomic E-state index is -0.131. The van der Waals surface area contributed by atoms with E-state index in [0.717, 1.165) is 24.1 Å². The number of rotatable bonds is 3. The van der Waals surface area contributed by atoms with Crippen LogP contribution in [0.1, 0.15) is 28.9 Å². The van der Waals surface area contributed by atoms with Gasteiger partial charge in [0.1, 0.15) is 0 Å². The van der Waals surface area contributed by atoms with Gasteiger partial charge in [-0.25, -0.2) is 9.50 Å². The fraction of sp³-hybridized carbons (Fsp3) is 0.368. The van der Waals surface area contributed by atoms with E-state index in [4.69, 9.17) is 0 Å². The van der Waals surface area contributed by atoms with Crippen molar-refractivity contribution in [1.29, 1.82) is 0 Å². The molecule has 8 heteroatoms. The number of piperidine rings is 1. The smallest absolute Gasteiger partial charge is 0.257 e. The zero-order chi connectivity index (χ0) is 18.4. The van der Waals surface area contributed by atoms with Crippen molar-refractivity contribution in [3.05, 3.63) is 52.7 Å². The van der Waals surface area contributed by atoms with Crippen LogP contribution < -0.4 is 0 Å². The van der Waals surface area contributed by atoms with Crippen molar-refractivity contribution in [3.63, 3.8) is 0 Å². The van der Waals surface area contributed by atoms with E-state index < -0.39 is 0 Å². The molecule has 0 N–H and O–H groups in total. The van der Waals surface area contributed by atoms with Crippen molar-refractivity contribution in [1.82, 2.24) is 24.4 Å². The Hall–Kier alpha value is -2.74. The first-order chi connectivity index (χ1) is 13.2. The van der Waals surface area contributed by atoms with Crippen molar-refractivity contribution in [3.8, 4) is 0 Å². The third-order valence-electron chi connectivity index (χ3n) is 5.55. The number of fused-ring (bicyclic) bond motifs is 5. The fourth-order valence-corrected chi connectivity index (χ4v) is 4.72. The van der Waals surface area contributed by atoms with Gasteiger partial charge in [-0.1, -0.05) is 6.07 Å². The van der Waals surface area contributed by atoms with Crippen molar-refractivity contribution in [2.24, 2.45) is 5.92 Å². The Morgan fingerprint density at radius 2 is 2.19 bits per heavy atom. The lowest BCUT2D eigenvalue weighted by atomic mass is 9.94. The highest BCUT2D eigenvalue weighted by Gasteiger charge is 2.42. The largest absolute Gasteiger partial charge is 0.336 e. The molecule has 0 aliphatic carbocycles. The zero-order valence-electron chi connectivity index (χ0n) is 14.7. The topological polar surface area (TPSA) is 70.8 Å². The van der Waals surface area contributed by atoms with Crippen molar-refractivity contribution >= 4 is 28.7 Å². The molecule has 27 heavy (non-hydrogen) atoms. The number of thiazole rings is 1. The predicted molar refractivity (Wildman–Crippen MR) is 100 cm³/mol. The lowest BCUT2D eigenvalue weighted by Gasteiger charge is -2.35. The molecule has 2 unspecified atom stereocenters. The molecule has 3 fully saturated rings. The highest BCUT2D eigenvalue weighted by molar-refractivity contribution is 7.07. The van der Waals surface area contributed by atoms with Crippen LogP contribution in [0.15, 0.2) is 41.5 Å². The molecule has 0 radical (unpaired) electrons. The molecular weight excluding hydrogens is 362 g/mol. The monoisotopic (exact) mass is 381 g/mol. The number of carbonyl (C=O) groups is 2. The maximum atomic E-state index is 13.2. The highest BCUT2D eigenvalue weighted by Crippen LogP contribution is 2.31. The second-order valence-corrected chi connectivity index (χ2v) is 7.89. The van der Waals surface area contributed by atoms with Crippen LogP contribution in [0, 0.1) is 5.92 Å². The molecular formula is C19H19N5O2S. The number of carbonyl (C=O) groups excluding carboxylic acids is 2. The van der Waals surface area contributed by atoms with Crippen LogP contribution in [0.3, 0.4) is 0 Å². The van der Waals surface area contributed by atoms with Gasteiger partial charge in [-0.2, -0.15) is 5.10 Å². The second-order valence-electron chi connectivity index (χ2n) is 7.17. The van der Waals surface area contributed by atoms with Gasteiger partial charge < -0.3 is 9.80 Å². The van der Waals surface area contributed by atoms with Crippen LogP contribution in [-0.2, 0) is 11.3 Å². The SMILES string of the molecule is O=C(c1cnn2ccccc12)N1CC2CCC(C1)N(Cc1cscn1)C2=O. The Labute approximate surface area is 160 Å². The number of hydrogen-bond acceptors (Lipinski definition) is 5. The lowest BCUT2D eigenvalue weighted by Crippen LogP contribution is -2.47. The first-order valence-corrected chi connectivity index (χ1v) is 10.0. The van der Waals surface area contributed by atoms with Gasteiger partial charge in [-0.15, -0.1) is 11.3 Å². The van der Waals surface area contributed by atoms with Gasteiger partial charge in [0.25, 0.3) is 5.91 Å². The van der Waals surface area contributed by atoms with E-state index in [1.807, 2.05) is 39.6 Å². The summed E-state index contributed by atoms with van der Waals surface area (Å²) < 4.78 is 1.71. The van der Waals surface area contributed by atoms with E-state index in [9.17, 15) is 9.59 Å². The van der Waals surface area contributed by atoms with Crippen LogP contribution in [0.2, 0.25) is 0 Å². The molecule has 138 valence electrons. The van der Waals surface area contributed by atoms with E-state index in [1.54, 1.807) is 16.2 Å². The standard InChI is InChI=1S/C19H19N5O2S/c25-18-13-4-5-15(23(18)9-14-11-27-12-20-14)10-22(8-13)19(26)16-7-21-24-6-2-1-3-17(16)24/h1-3,6-7,11-13,15H,4-5,8-10H2. The number of nitrogens with zero attached hydrogens (tertiary/aromatic N) is 5. The zero-order valence-corrected chi connectivity index (χ0v) is 15.5. The molecule has 2 atom stereocenters. The van der Waals surface area contributed by atoms with Gasteiger partial charge in [0.15, 0.2) is 0 Å². The van der Waals surface area contributed by atoms with Gasteiger partial charge in [0.05, 0.1) is 40.9 Å². The summed E-state index contributed by atoms with van der Waals surface area (Å²) >= 11 is 1.54. The van der Waals surface area contributed by atoms with Gasteiger partial charge in [0, 0.05) is 30.7 Å². The summed E-state index contributed by atoms with van der Waals surface area (Å²) in [6, 6.07) is 5.73. The molecule has 2 bridgehead atoms. The Balaban J connectivity index is 1.42. The van der Waals surface area contributed by atoms with Crippen LogP contribution in [0.4, 0.5) is 0 Å². The lowest BCUT2D eigenvalue weighted by molar-refractivity contribution is -0.140. The molecule has 3 saturated heterocycles. The highest BCUT2D eigenvalue weighted by atomic mass is 32.1. The van der Waals surface area contributed by atoms with Gasteiger partial charge >= 0.3 is 0 Å². The van der Waals surface area contributed by atoms with E-state index in [0.29, 0.717) is 25.2 Å². The summed E-state index contributed by atoms with van der Waals surface area (Å²) in [5.74, 6) is -0.0287. The molecule has 3 aliphatic heterocycles. The normalized spacial score (nSPS) is 22.4. The number of pyridine rings is 1. The van der Waals surface area contributed by atoms with E-state index >= 15 is 0 Å². The van der Waals surface area contributed by atoms with Crippen molar-refractivity contribution < 1.29 is 9.59 Å². The van der Waals surface area contributed by atoms with E-state index in [2.05, 4.69) is 10.1 Å². The predicted octanol–water partition coefficient (Wildman–Crippen LogP) is 2.05. The van der Waals surface area contributed by atoms with Crippen molar-refractivity contribution in [2.45, 2.75) is 25.4 Å². The van der Waals surface area contributed by atoms with Crippen molar-refractivity contribution in [2.75, 3.05) is 13.1 Å². The van der Waals surface area contributed by atoms with Crippen LogP contribution in [0.5, 0.6) is 0 Å². The first kappa shape index (κ1) is 16.4. The van der Waals surface area contributed by atoms with E-state index in [1.165, 1.54) is 11.3 Å². The summed E-state index contributed by atoms with van der Waals surface area (Å²) in [6.45, 7) is 1.57. The van der Waals surface area contributed by atoms with Gasteiger partial charge in [-0.3, -0.25) is 9.59 Å². The molecule has 6 heterocycles. The number of hydrogen-bond donors (Lipinski definition) is 0. The molecule has 3 aromatic rings. The van der Waals surface area contributed by atoms with Crippen LogP contribution in [-0.4, -0.2) is 55.3 Å². The first-order valence-electron chi connectivity index (χ1n) is 9.10. The molecule has 0 aromatic carbocycles. The summed E-state index contributed by atoms with van der Waals surface area (Å²) in [4.78, 5) is 34.2. The quantitative estimate of drug-likeness (QED) is 0.696. The fourth-order valence-electron chi connectivity index (χ4n) is 4.17. The Morgan fingerprint density at radius 1 is 1.26 bits per heavy atom. The minimum Gasteiger partial charge on any atom is -0.336 e. The average Bonchev–Trinajstić information content (AvgIpc) is 3.27. The summed E-state index contributed by atoms with van der Waals surface area (Å²) in [5, 5.41) is 6.26. The minimum absolute atomic E-state index is 0.0450. The number of amides is 2. The Bertz CT molecular complexity index is 999. The molecule has 6 rings (SSSR count). The third kappa shape index (κ3) is 2.80. The maximum Gasteiger partial charge on any atom is 0.257 e. The molecule has 7 nitrogen and oxygen atoms in total. The third-order valence-corrected chi connectivity index (χ3v) is 6.19. The van der Waals surface area contributed by atoms with Crippen LogP contribution >= 0.6 is 11.3 Å². The summed E-state index contributed by atoms with van der Waals surface area (Å²) in [7, 11) is 0. The average molecular weight is 381 g/mol. The van der Waals surface area contributed by atoms with E-state index in [-0.39, 0.29) is 23.8 Å². The molecule has 2 amide bonds. The molecule has 0 saturated carbocycles. The van der Waals surface area contributed by atoms with Crippen LogP contribution in [0.25, 0.3) is 5.52 Å². The van der Waals surface area contributed by atoms with Gasteiger partial charge in [-0.05, 0) is 25.0 Å². The molecule has 3 aromatic heterocycles. The molecule has 3 aliphatic rings. The summed E-state index contributed by atoms with van der Waals surface area (Å²) in [5.41, 5.74) is 4.10. The summed E-state index contributed by atoms with van der Waals surface area (Å²) in [6.07, 6.45) is 5.23. The Morgan fingerprint density at radius 3 is 3.04 bits per heavy atom. The number of aromatic nitrogens is 3.